The van der Waals surface area contributed by atoms with Gasteiger partial charge in [0.15, 0.2) is 5.96 Å². The van der Waals surface area contributed by atoms with Gasteiger partial charge in [-0.2, -0.15) is 0 Å². The number of hydrogen-bond donors (Lipinski definition) is 1. The minimum Gasteiger partial charge on any atom is -0.357 e. The zero-order valence-electron chi connectivity index (χ0n) is 17.5. The molecule has 2 aliphatic rings. The van der Waals surface area contributed by atoms with Crippen molar-refractivity contribution in [1.82, 2.24) is 20.0 Å². The van der Waals surface area contributed by atoms with E-state index in [1.807, 2.05) is 4.90 Å². The standard InChI is InChI=1S/C22H35N5O/c1-3-23-22(27-15-13-26(14-16-27)19(2)28)24-17-20-9-5-6-10-21(20)18-25-11-7-4-8-12-25/h5-6,9-10H,3-4,7-8,11-18H2,1-2H3,(H,23,24). The summed E-state index contributed by atoms with van der Waals surface area (Å²) in [5, 5.41) is 3.43. The smallest absolute Gasteiger partial charge is 0.219 e. The Kier molecular flexibility index (Phi) is 7.71. The van der Waals surface area contributed by atoms with Crippen molar-refractivity contribution in [3.05, 3.63) is 35.4 Å². The number of piperidine rings is 1. The molecule has 0 unspecified atom stereocenters. The van der Waals surface area contributed by atoms with Gasteiger partial charge in [-0.25, -0.2) is 4.99 Å². The van der Waals surface area contributed by atoms with E-state index >= 15 is 0 Å². The van der Waals surface area contributed by atoms with Gasteiger partial charge in [-0.3, -0.25) is 9.69 Å². The van der Waals surface area contributed by atoms with E-state index in [2.05, 4.69) is 46.3 Å². The van der Waals surface area contributed by atoms with Crippen LogP contribution in [0.15, 0.2) is 29.3 Å². The molecule has 1 N–H and O–H groups in total. The number of nitrogens with one attached hydrogen (secondary N) is 1. The van der Waals surface area contributed by atoms with E-state index in [0.717, 1.165) is 45.2 Å². The molecular weight excluding hydrogens is 350 g/mol. The van der Waals surface area contributed by atoms with Crippen LogP contribution in [0.3, 0.4) is 0 Å². The van der Waals surface area contributed by atoms with E-state index in [0.29, 0.717) is 6.54 Å². The van der Waals surface area contributed by atoms with Crippen LogP contribution in [0.5, 0.6) is 0 Å². The van der Waals surface area contributed by atoms with Crippen LogP contribution in [0.1, 0.15) is 44.2 Å². The van der Waals surface area contributed by atoms with Crippen molar-refractivity contribution < 1.29 is 4.79 Å². The molecule has 1 amide bonds. The molecule has 2 heterocycles. The molecule has 28 heavy (non-hydrogen) atoms. The van der Waals surface area contributed by atoms with E-state index in [-0.39, 0.29) is 5.91 Å². The SMILES string of the molecule is CCNC(=NCc1ccccc1CN1CCCCC1)N1CCN(C(C)=O)CC1. The lowest BCUT2D eigenvalue weighted by Crippen LogP contribution is -2.53. The van der Waals surface area contributed by atoms with Crippen molar-refractivity contribution in [1.29, 1.82) is 0 Å². The van der Waals surface area contributed by atoms with Crippen LogP contribution in [-0.4, -0.2) is 72.4 Å². The normalized spacial score (nSPS) is 19.0. The number of nitrogens with zero attached hydrogens (tertiary/aromatic N) is 4. The van der Waals surface area contributed by atoms with Gasteiger partial charge in [0.2, 0.25) is 5.91 Å². The summed E-state index contributed by atoms with van der Waals surface area (Å²) in [6, 6.07) is 8.71. The molecule has 2 saturated heterocycles. The molecule has 6 heteroatoms. The van der Waals surface area contributed by atoms with Crippen LogP contribution >= 0.6 is 0 Å². The highest BCUT2D eigenvalue weighted by atomic mass is 16.2. The second kappa shape index (κ2) is 10.5. The van der Waals surface area contributed by atoms with Crippen LogP contribution < -0.4 is 5.32 Å². The minimum absolute atomic E-state index is 0.160. The van der Waals surface area contributed by atoms with Crippen molar-refractivity contribution in [3.63, 3.8) is 0 Å². The van der Waals surface area contributed by atoms with Gasteiger partial charge in [-0.05, 0) is 44.0 Å². The largest absolute Gasteiger partial charge is 0.357 e. The first kappa shape index (κ1) is 20.6. The van der Waals surface area contributed by atoms with E-state index in [1.165, 1.54) is 43.5 Å². The molecule has 0 atom stereocenters. The topological polar surface area (TPSA) is 51.2 Å². The van der Waals surface area contributed by atoms with Crippen LogP contribution in [-0.2, 0) is 17.9 Å². The quantitative estimate of drug-likeness (QED) is 0.624. The molecule has 154 valence electrons. The highest BCUT2D eigenvalue weighted by Crippen LogP contribution is 2.17. The third-order valence-electron chi connectivity index (χ3n) is 5.72. The van der Waals surface area contributed by atoms with Crippen LogP contribution in [0.2, 0.25) is 0 Å². The summed E-state index contributed by atoms with van der Waals surface area (Å²) in [6.07, 6.45) is 4.00. The summed E-state index contributed by atoms with van der Waals surface area (Å²) in [7, 11) is 0. The van der Waals surface area contributed by atoms with Gasteiger partial charge in [0.25, 0.3) is 0 Å². The van der Waals surface area contributed by atoms with E-state index in [1.54, 1.807) is 6.92 Å². The molecule has 0 spiro atoms. The Morgan fingerprint density at radius 1 is 0.964 bits per heavy atom. The molecule has 2 fully saturated rings. The summed E-state index contributed by atoms with van der Waals surface area (Å²) in [5.74, 6) is 1.12. The second-order valence-electron chi connectivity index (χ2n) is 7.77. The minimum atomic E-state index is 0.160. The lowest BCUT2D eigenvalue weighted by molar-refractivity contribution is -0.130. The number of carbonyl (C=O) groups is 1. The Balaban J connectivity index is 1.65. The summed E-state index contributed by atoms with van der Waals surface area (Å²) < 4.78 is 0. The number of aliphatic imine (C=N–C) groups is 1. The second-order valence-corrected chi connectivity index (χ2v) is 7.77. The number of likely N-dealkylation sites (tertiary alicyclic amines) is 1. The molecule has 0 bridgehead atoms. The lowest BCUT2D eigenvalue weighted by Gasteiger charge is -2.36. The maximum Gasteiger partial charge on any atom is 0.219 e. The highest BCUT2D eigenvalue weighted by Gasteiger charge is 2.21. The first-order chi connectivity index (χ1) is 13.7. The van der Waals surface area contributed by atoms with Gasteiger partial charge in [-0.1, -0.05) is 30.7 Å². The van der Waals surface area contributed by atoms with Crippen molar-refractivity contribution in [2.45, 2.75) is 46.2 Å². The monoisotopic (exact) mass is 385 g/mol. The number of benzene rings is 1. The zero-order chi connectivity index (χ0) is 19.8. The van der Waals surface area contributed by atoms with E-state index in [9.17, 15) is 4.79 Å². The molecule has 0 radical (unpaired) electrons. The number of amides is 1. The Morgan fingerprint density at radius 2 is 1.61 bits per heavy atom. The fraction of sp³-hybridized carbons (Fsp3) is 0.636. The fourth-order valence-corrected chi connectivity index (χ4v) is 4.04. The molecule has 3 rings (SSSR count). The van der Waals surface area contributed by atoms with Gasteiger partial charge in [0.05, 0.1) is 6.54 Å². The average Bonchev–Trinajstić information content (AvgIpc) is 2.73. The van der Waals surface area contributed by atoms with Gasteiger partial charge in [-0.15, -0.1) is 0 Å². The lowest BCUT2D eigenvalue weighted by atomic mass is 10.1. The van der Waals surface area contributed by atoms with Gasteiger partial charge in [0, 0.05) is 46.2 Å². The Bertz CT molecular complexity index is 661. The average molecular weight is 386 g/mol. The molecule has 6 nitrogen and oxygen atoms in total. The molecule has 1 aromatic rings. The van der Waals surface area contributed by atoms with E-state index < -0.39 is 0 Å². The first-order valence-corrected chi connectivity index (χ1v) is 10.7. The third-order valence-corrected chi connectivity index (χ3v) is 5.72. The third kappa shape index (κ3) is 5.71. The number of hydrogen-bond acceptors (Lipinski definition) is 3. The van der Waals surface area contributed by atoms with E-state index in [4.69, 9.17) is 4.99 Å². The highest BCUT2D eigenvalue weighted by molar-refractivity contribution is 5.80. The summed E-state index contributed by atoms with van der Waals surface area (Å²) >= 11 is 0. The molecular formula is C22H35N5O. The van der Waals surface area contributed by atoms with Gasteiger partial charge >= 0.3 is 0 Å². The molecule has 0 aliphatic carbocycles. The maximum absolute atomic E-state index is 11.6. The maximum atomic E-state index is 11.6. The van der Waals surface area contributed by atoms with Crippen LogP contribution in [0.4, 0.5) is 0 Å². The van der Waals surface area contributed by atoms with Crippen molar-refractivity contribution in [2.24, 2.45) is 4.99 Å². The Labute approximate surface area is 169 Å². The van der Waals surface area contributed by atoms with Gasteiger partial charge in [0.1, 0.15) is 0 Å². The summed E-state index contributed by atoms with van der Waals surface area (Å²) in [5.41, 5.74) is 2.70. The first-order valence-electron chi connectivity index (χ1n) is 10.7. The molecule has 0 aromatic heterocycles. The number of guanidine groups is 1. The number of carbonyl (C=O) groups excluding carboxylic acids is 1. The molecule has 0 saturated carbocycles. The van der Waals surface area contributed by atoms with Crippen molar-refractivity contribution in [3.8, 4) is 0 Å². The fourth-order valence-electron chi connectivity index (χ4n) is 4.04. The zero-order valence-corrected chi connectivity index (χ0v) is 17.5. The predicted molar refractivity (Wildman–Crippen MR) is 114 cm³/mol. The molecule has 2 aliphatic heterocycles. The van der Waals surface area contributed by atoms with Crippen LogP contribution in [0.25, 0.3) is 0 Å². The summed E-state index contributed by atoms with van der Waals surface area (Å²) in [6.45, 7) is 11.9. The van der Waals surface area contributed by atoms with Gasteiger partial charge < -0.3 is 15.1 Å². The molecule has 1 aromatic carbocycles. The summed E-state index contributed by atoms with van der Waals surface area (Å²) in [4.78, 5) is 23.3. The number of piperazine rings is 1. The Hall–Kier alpha value is -2.08. The number of rotatable bonds is 5. The van der Waals surface area contributed by atoms with Crippen molar-refractivity contribution in [2.75, 3.05) is 45.8 Å². The van der Waals surface area contributed by atoms with Crippen molar-refractivity contribution >= 4 is 11.9 Å². The predicted octanol–water partition coefficient (Wildman–Crippen LogP) is 2.30. The van der Waals surface area contributed by atoms with Crippen LogP contribution in [0, 0.1) is 0 Å². The Morgan fingerprint density at radius 3 is 2.25 bits per heavy atom.